The average Bonchev–Trinajstić information content (AvgIpc) is 2.13. The van der Waals surface area contributed by atoms with E-state index in [2.05, 4.69) is 18.8 Å². The van der Waals surface area contributed by atoms with Crippen LogP contribution in [0.15, 0.2) is 12.7 Å². The minimum absolute atomic E-state index is 0.115. The Morgan fingerprint density at radius 3 is 2.79 bits per heavy atom. The number of nitrogens with one attached hydrogen (secondary N) is 1. The van der Waals surface area contributed by atoms with Crippen molar-refractivity contribution in [3.05, 3.63) is 12.7 Å². The van der Waals surface area contributed by atoms with Crippen LogP contribution in [0, 0.1) is 5.41 Å². The van der Waals surface area contributed by atoms with Gasteiger partial charge in [0.2, 0.25) is 11.8 Å². The quantitative estimate of drug-likeness (QED) is 0.549. The molecule has 1 atom stereocenters. The number of amides is 2. The van der Waals surface area contributed by atoms with Gasteiger partial charge in [-0.3, -0.25) is 14.9 Å². The number of piperidine rings is 1. The van der Waals surface area contributed by atoms with Gasteiger partial charge in [-0.2, -0.15) is 0 Å². The van der Waals surface area contributed by atoms with Crippen LogP contribution in [0.3, 0.4) is 0 Å². The van der Waals surface area contributed by atoms with Gasteiger partial charge in [0.05, 0.1) is 5.41 Å². The lowest BCUT2D eigenvalue weighted by atomic mass is 9.73. The molecule has 0 bridgehead atoms. The minimum atomic E-state index is -0.371. The van der Waals surface area contributed by atoms with Crippen molar-refractivity contribution < 1.29 is 9.59 Å². The fraction of sp³-hybridized carbons (Fsp3) is 0.636. The molecule has 1 saturated heterocycles. The van der Waals surface area contributed by atoms with Crippen molar-refractivity contribution in [2.45, 2.75) is 39.0 Å². The molecule has 2 amide bonds. The number of allylic oxidation sites excluding steroid dienone is 1. The van der Waals surface area contributed by atoms with Gasteiger partial charge in [0.15, 0.2) is 0 Å². The van der Waals surface area contributed by atoms with Crippen molar-refractivity contribution in [1.82, 2.24) is 5.32 Å². The van der Waals surface area contributed by atoms with E-state index in [9.17, 15) is 9.59 Å². The summed E-state index contributed by atoms with van der Waals surface area (Å²) >= 11 is 0. The molecule has 1 rings (SSSR count). The summed E-state index contributed by atoms with van der Waals surface area (Å²) in [6.07, 6.45) is 5.34. The van der Waals surface area contributed by atoms with Gasteiger partial charge in [0, 0.05) is 6.42 Å². The maximum atomic E-state index is 11.7. The molecule has 0 aromatic heterocycles. The Morgan fingerprint density at radius 2 is 2.29 bits per heavy atom. The molecular weight excluding hydrogens is 178 g/mol. The summed E-state index contributed by atoms with van der Waals surface area (Å²) in [5, 5.41) is 2.41. The molecule has 0 aromatic rings. The van der Waals surface area contributed by atoms with Gasteiger partial charge in [-0.1, -0.05) is 19.4 Å². The van der Waals surface area contributed by atoms with E-state index < -0.39 is 0 Å². The van der Waals surface area contributed by atoms with Crippen LogP contribution >= 0.6 is 0 Å². The van der Waals surface area contributed by atoms with Gasteiger partial charge in [0.1, 0.15) is 0 Å². The van der Waals surface area contributed by atoms with Crippen LogP contribution in [-0.2, 0) is 9.59 Å². The molecule has 0 unspecified atom stereocenters. The van der Waals surface area contributed by atoms with Crippen LogP contribution in [0.5, 0.6) is 0 Å². The zero-order valence-electron chi connectivity index (χ0n) is 8.64. The smallest absolute Gasteiger partial charge is 0.233 e. The molecule has 1 aliphatic heterocycles. The Morgan fingerprint density at radius 1 is 1.57 bits per heavy atom. The first-order valence-corrected chi connectivity index (χ1v) is 5.10. The molecule has 0 aliphatic carbocycles. The highest BCUT2D eigenvalue weighted by Gasteiger charge is 2.40. The highest BCUT2D eigenvalue weighted by atomic mass is 16.2. The lowest BCUT2D eigenvalue weighted by Crippen LogP contribution is -2.48. The van der Waals surface area contributed by atoms with Crippen molar-refractivity contribution in [2.24, 2.45) is 5.41 Å². The second kappa shape index (κ2) is 4.40. The predicted molar refractivity (Wildman–Crippen MR) is 54.5 cm³/mol. The zero-order valence-corrected chi connectivity index (χ0v) is 8.64. The summed E-state index contributed by atoms with van der Waals surface area (Å²) in [4.78, 5) is 22.7. The Hall–Kier alpha value is -1.12. The Kier molecular flexibility index (Phi) is 3.44. The van der Waals surface area contributed by atoms with E-state index in [1.54, 1.807) is 6.08 Å². The zero-order chi connectivity index (χ0) is 10.6. The molecule has 0 saturated carbocycles. The topological polar surface area (TPSA) is 46.2 Å². The van der Waals surface area contributed by atoms with Crippen LogP contribution in [0.4, 0.5) is 0 Å². The monoisotopic (exact) mass is 195 g/mol. The number of hydrogen-bond donors (Lipinski definition) is 1. The average molecular weight is 195 g/mol. The fourth-order valence-electron chi connectivity index (χ4n) is 2.08. The molecule has 3 nitrogen and oxygen atoms in total. The Bertz CT molecular complexity index is 260. The van der Waals surface area contributed by atoms with Gasteiger partial charge >= 0.3 is 0 Å². The third-order valence-corrected chi connectivity index (χ3v) is 2.83. The summed E-state index contributed by atoms with van der Waals surface area (Å²) in [7, 11) is 0. The van der Waals surface area contributed by atoms with Crippen molar-refractivity contribution >= 4 is 11.8 Å². The van der Waals surface area contributed by atoms with E-state index in [0.717, 1.165) is 12.8 Å². The summed E-state index contributed by atoms with van der Waals surface area (Å²) in [6.45, 7) is 5.72. The Balaban J connectivity index is 2.80. The summed E-state index contributed by atoms with van der Waals surface area (Å²) < 4.78 is 0. The van der Waals surface area contributed by atoms with Crippen molar-refractivity contribution in [1.29, 1.82) is 0 Å². The van der Waals surface area contributed by atoms with Gasteiger partial charge < -0.3 is 0 Å². The number of rotatable bonds is 4. The van der Waals surface area contributed by atoms with Gasteiger partial charge in [-0.15, -0.1) is 6.58 Å². The van der Waals surface area contributed by atoms with E-state index in [-0.39, 0.29) is 17.2 Å². The van der Waals surface area contributed by atoms with Crippen LogP contribution < -0.4 is 5.32 Å². The third kappa shape index (κ3) is 2.03. The molecule has 1 N–H and O–H groups in total. The predicted octanol–water partition coefficient (Wildman–Crippen LogP) is 1.79. The molecule has 3 heteroatoms. The van der Waals surface area contributed by atoms with Gasteiger partial charge in [-0.05, 0) is 19.3 Å². The molecule has 1 heterocycles. The molecule has 14 heavy (non-hydrogen) atoms. The first-order chi connectivity index (χ1) is 6.64. The molecule has 0 spiro atoms. The van der Waals surface area contributed by atoms with Gasteiger partial charge in [-0.25, -0.2) is 0 Å². The standard InChI is InChI=1S/C11H17NO2/c1-3-6-11(7-4-2)8-5-9(13)12-10(11)14/h3H,1,4-8H2,2H3,(H,12,13,14)/t11-/m0/s1. The molecule has 78 valence electrons. The van der Waals surface area contributed by atoms with Crippen molar-refractivity contribution in [3.8, 4) is 0 Å². The van der Waals surface area contributed by atoms with Crippen LogP contribution in [0.25, 0.3) is 0 Å². The number of hydrogen-bond acceptors (Lipinski definition) is 2. The van der Waals surface area contributed by atoms with Crippen LogP contribution in [0.2, 0.25) is 0 Å². The summed E-state index contributed by atoms with van der Waals surface area (Å²) in [5.41, 5.74) is -0.371. The highest BCUT2D eigenvalue weighted by molar-refractivity contribution is 6.00. The Labute approximate surface area is 84.6 Å². The highest BCUT2D eigenvalue weighted by Crippen LogP contribution is 2.36. The van der Waals surface area contributed by atoms with E-state index in [1.807, 2.05) is 0 Å². The van der Waals surface area contributed by atoms with E-state index in [0.29, 0.717) is 19.3 Å². The SMILES string of the molecule is C=CC[C@]1(CCC)CCC(=O)NC1=O. The maximum absolute atomic E-state index is 11.7. The molecule has 0 radical (unpaired) electrons. The first kappa shape index (κ1) is 11.0. The molecular formula is C11H17NO2. The lowest BCUT2D eigenvalue weighted by Gasteiger charge is -2.34. The minimum Gasteiger partial charge on any atom is -0.296 e. The number of imide groups is 1. The molecule has 1 fully saturated rings. The summed E-state index contributed by atoms with van der Waals surface area (Å²) in [6, 6.07) is 0. The lowest BCUT2D eigenvalue weighted by molar-refractivity contribution is -0.142. The molecule has 0 aromatic carbocycles. The largest absolute Gasteiger partial charge is 0.296 e. The van der Waals surface area contributed by atoms with Gasteiger partial charge in [0.25, 0.3) is 0 Å². The van der Waals surface area contributed by atoms with Crippen LogP contribution in [-0.4, -0.2) is 11.8 Å². The fourth-order valence-corrected chi connectivity index (χ4v) is 2.08. The second-order valence-electron chi connectivity index (χ2n) is 3.90. The van der Waals surface area contributed by atoms with E-state index in [4.69, 9.17) is 0 Å². The van der Waals surface area contributed by atoms with E-state index in [1.165, 1.54) is 0 Å². The maximum Gasteiger partial charge on any atom is 0.233 e. The second-order valence-corrected chi connectivity index (χ2v) is 3.90. The number of carbonyl (C=O) groups excluding carboxylic acids is 2. The van der Waals surface area contributed by atoms with E-state index >= 15 is 0 Å². The third-order valence-electron chi connectivity index (χ3n) is 2.83. The van der Waals surface area contributed by atoms with Crippen molar-refractivity contribution in [2.75, 3.05) is 0 Å². The van der Waals surface area contributed by atoms with Crippen molar-refractivity contribution in [3.63, 3.8) is 0 Å². The normalized spacial score (nSPS) is 27.2. The number of carbonyl (C=O) groups is 2. The first-order valence-electron chi connectivity index (χ1n) is 5.10. The summed E-state index contributed by atoms with van der Waals surface area (Å²) in [5.74, 6) is -0.263. The van der Waals surface area contributed by atoms with Crippen LogP contribution in [0.1, 0.15) is 39.0 Å². The molecule has 1 aliphatic rings.